The van der Waals surface area contributed by atoms with Crippen LogP contribution in [-0.4, -0.2) is 44.4 Å². The van der Waals surface area contributed by atoms with Crippen molar-refractivity contribution in [1.82, 2.24) is 0 Å². The van der Waals surface area contributed by atoms with Gasteiger partial charge >= 0.3 is 16.5 Å². The van der Waals surface area contributed by atoms with Crippen LogP contribution >= 0.6 is 0 Å². The number of carboxylic acid groups (broad SMARTS) is 4. The Morgan fingerprint density at radius 2 is 0.769 bits per heavy atom. The molecular weight excluding hydrogens is 243 g/mol. The van der Waals surface area contributed by atoms with Crippen LogP contribution in [-0.2, 0) is 16.5 Å². The second kappa shape index (κ2) is 44.6. The summed E-state index contributed by atoms with van der Waals surface area (Å²) < 4.78 is 0. The summed E-state index contributed by atoms with van der Waals surface area (Å²) in [6.07, 6.45) is -4.17. The first-order chi connectivity index (χ1) is 3.46. The van der Waals surface area contributed by atoms with Crippen LogP contribution in [0.3, 0.4) is 0 Å². The maximum Gasteiger partial charge on any atom is 2.00 e. The van der Waals surface area contributed by atoms with Crippen molar-refractivity contribution < 1.29 is 68.4 Å². The van der Waals surface area contributed by atoms with Crippen molar-refractivity contribution in [2.75, 3.05) is 0 Å². The van der Waals surface area contributed by atoms with E-state index < -0.39 is 12.3 Å². The van der Waals surface area contributed by atoms with Gasteiger partial charge < -0.3 is 51.9 Å². The molecular formula is C2H10NiO10. The minimum absolute atomic E-state index is 0. The Hall–Kier alpha value is -1.13. The Balaban J connectivity index is -0.00000000800. The standard InChI is InChI=1S/2CH2O3.Ni.4H2O/c2*2-1(3)4;;;;;/h2*(H2,2,3,4);;4*1H2/q;;+2;;;;/p-2. The molecule has 0 rings (SSSR count). The van der Waals surface area contributed by atoms with Crippen molar-refractivity contribution in [2.24, 2.45) is 0 Å². The van der Waals surface area contributed by atoms with Crippen LogP contribution in [0.15, 0.2) is 0 Å². The summed E-state index contributed by atoms with van der Waals surface area (Å²) in [6, 6.07) is 0. The first-order valence-corrected chi connectivity index (χ1v) is 1.26. The molecule has 0 aromatic heterocycles. The molecule has 0 amide bonds. The second-order valence-corrected chi connectivity index (χ2v) is 0.532. The summed E-state index contributed by atoms with van der Waals surface area (Å²) in [5.41, 5.74) is 0. The van der Waals surface area contributed by atoms with Crippen LogP contribution in [0.4, 0.5) is 9.59 Å². The topological polar surface area (TPSA) is 247 Å². The average molecular weight is 253 g/mol. The number of hydrogen-bond donors (Lipinski definition) is 2. The van der Waals surface area contributed by atoms with Crippen molar-refractivity contribution in [1.29, 1.82) is 0 Å². The van der Waals surface area contributed by atoms with Gasteiger partial charge in [-0.1, -0.05) is 0 Å². The van der Waals surface area contributed by atoms with Crippen LogP contribution in [0, 0.1) is 0 Å². The van der Waals surface area contributed by atoms with E-state index in [0.29, 0.717) is 0 Å². The van der Waals surface area contributed by atoms with Gasteiger partial charge in [0, 0.05) is 0 Å². The van der Waals surface area contributed by atoms with E-state index in [1.807, 2.05) is 0 Å². The summed E-state index contributed by atoms with van der Waals surface area (Å²) in [5, 5.41) is 30.6. The quantitative estimate of drug-likeness (QED) is 0.397. The van der Waals surface area contributed by atoms with Gasteiger partial charge in [0.2, 0.25) is 12.3 Å². The van der Waals surface area contributed by atoms with E-state index in [0.717, 1.165) is 0 Å². The fraction of sp³-hybridized carbons (Fsp3) is 0. The fourth-order valence-corrected chi connectivity index (χ4v) is 0. The van der Waals surface area contributed by atoms with Gasteiger partial charge in [0.15, 0.2) is 0 Å². The summed E-state index contributed by atoms with van der Waals surface area (Å²) in [7, 11) is 0. The van der Waals surface area contributed by atoms with Gasteiger partial charge in [-0.2, -0.15) is 0 Å². The molecule has 10 N–H and O–H groups in total. The van der Waals surface area contributed by atoms with E-state index in [4.69, 9.17) is 30.0 Å². The van der Waals surface area contributed by atoms with Gasteiger partial charge in [-0.25, -0.2) is 0 Å². The molecule has 0 saturated carbocycles. The molecule has 0 atom stereocenters. The predicted molar refractivity (Wildman–Crippen MR) is 30.5 cm³/mol. The maximum atomic E-state index is 8.44. The van der Waals surface area contributed by atoms with E-state index in [1.54, 1.807) is 0 Å². The van der Waals surface area contributed by atoms with E-state index >= 15 is 0 Å². The van der Waals surface area contributed by atoms with Gasteiger partial charge in [-0.3, -0.25) is 0 Å². The Bertz CT molecular complexity index is 70.9. The van der Waals surface area contributed by atoms with Gasteiger partial charge in [0.05, 0.1) is 0 Å². The van der Waals surface area contributed by atoms with E-state index in [-0.39, 0.29) is 38.4 Å². The molecule has 88 valence electrons. The molecule has 0 aromatic carbocycles. The molecule has 0 aliphatic carbocycles. The molecule has 0 bridgehead atoms. The first kappa shape index (κ1) is 59.1. The van der Waals surface area contributed by atoms with Crippen molar-refractivity contribution in [3.8, 4) is 0 Å². The maximum absolute atomic E-state index is 8.44. The summed E-state index contributed by atoms with van der Waals surface area (Å²) in [4.78, 5) is 16.9. The zero-order valence-corrected chi connectivity index (χ0v) is 6.83. The Kier molecular flexibility index (Phi) is 203. The molecule has 10 nitrogen and oxygen atoms in total. The number of hydrogen-bond acceptors (Lipinski definition) is 4. The number of rotatable bonds is 0. The van der Waals surface area contributed by atoms with Gasteiger partial charge in [-0.05, 0) is 0 Å². The molecule has 0 aliphatic heterocycles. The minimum Gasteiger partial charge on any atom is -0.565 e. The summed E-state index contributed by atoms with van der Waals surface area (Å²) in [6.45, 7) is 0. The molecule has 0 fully saturated rings. The normalized spacial score (nSPS) is 3.69. The molecule has 0 heterocycles. The first-order valence-electron chi connectivity index (χ1n) is 1.26. The summed E-state index contributed by atoms with van der Waals surface area (Å²) >= 11 is 0. The van der Waals surface area contributed by atoms with Crippen molar-refractivity contribution in [2.45, 2.75) is 0 Å². The van der Waals surface area contributed by atoms with Crippen molar-refractivity contribution >= 4 is 12.3 Å². The third-order valence-electron chi connectivity index (χ3n) is 0. The monoisotopic (exact) mass is 252 g/mol. The van der Waals surface area contributed by atoms with E-state index in [9.17, 15) is 0 Å². The molecule has 0 spiro atoms. The molecule has 0 radical (unpaired) electrons. The fourth-order valence-electron chi connectivity index (χ4n) is 0. The molecule has 0 aliphatic rings. The van der Waals surface area contributed by atoms with E-state index in [2.05, 4.69) is 0 Å². The van der Waals surface area contributed by atoms with Crippen molar-refractivity contribution in [3.63, 3.8) is 0 Å². The predicted octanol–water partition coefficient (Wildman–Crippen LogP) is -5.53. The molecule has 0 aromatic rings. The average Bonchev–Trinajstić information content (AvgIpc) is 1.25. The minimum atomic E-state index is -2.08. The molecule has 11 heteroatoms. The largest absolute Gasteiger partial charge is 2.00 e. The third kappa shape index (κ3) is 675. The van der Waals surface area contributed by atoms with Crippen LogP contribution in [0.25, 0.3) is 0 Å². The Labute approximate surface area is 81.6 Å². The second-order valence-electron chi connectivity index (χ2n) is 0.532. The summed E-state index contributed by atoms with van der Waals surface area (Å²) in [5.74, 6) is 0. The van der Waals surface area contributed by atoms with Crippen LogP contribution in [0.2, 0.25) is 0 Å². The molecule has 13 heavy (non-hydrogen) atoms. The van der Waals surface area contributed by atoms with Crippen LogP contribution < -0.4 is 10.2 Å². The van der Waals surface area contributed by atoms with Crippen LogP contribution in [0.1, 0.15) is 0 Å². The molecule has 0 unspecified atom stereocenters. The van der Waals surface area contributed by atoms with Crippen molar-refractivity contribution in [3.05, 3.63) is 0 Å². The zero-order chi connectivity index (χ0) is 7.15. The van der Waals surface area contributed by atoms with Gasteiger partial charge in [0.1, 0.15) is 0 Å². The van der Waals surface area contributed by atoms with Crippen LogP contribution in [0.5, 0.6) is 0 Å². The van der Waals surface area contributed by atoms with Gasteiger partial charge in [-0.15, -0.1) is 0 Å². The Morgan fingerprint density at radius 1 is 0.769 bits per heavy atom. The third-order valence-corrected chi connectivity index (χ3v) is 0. The smallest absolute Gasteiger partial charge is 0.565 e. The zero-order valence-electron chi connectivity index (χ0n) is 5.84. The van der Waals surface area contributed by atoms with Gasteiger partial charge in [0.25, 0.3) is 0 Å². The van der Waals surface area contributed by atoms with E-state index in [1.165, 1.54) is 0 Å². The molecule has 0 saturated heterocycles. The number of carbonyl (C=O) groups is 2. The Morgan fingerprint density at radius 3 is 0.769 bits per heavy atom. The SMILES string of the molecule is O.O.O.O.O=C([O-])O.O=C([O-])O.[Ni+2].